The number of aromatic amines is 1. The van der Waals surface area contributed by atoms with E-state index >= 15 is 4.39 Å². The van der Waals surface area contributed by atoms with Gasteiger partial charge in [-0.05, 0) is 42.5 Å². The third-order valence-electron chi connectivity index (χ3n) is 5.00. The van der Waals surface area contributed by atoms with Gasteiger partial charge >= 0.3 is 5.69 Å². The molecule has 6 N–H and O–H groups in total. The van der Waals surface area contributed by atoms with Crippen molar-refractivity contribution in [2.24, 2.45) is 5.73 Å². The summed E-state index contributed by atoms with van der Waals surface area (Å²) in [5.74, 6) is -0.684. The molecule has 2 heterocycles. The van der Waals surface area contributed by atoms with Crippen molar-refractivity contribution in [1.29, 1.82) is 5.41 Å². The molecule has 38 heavy (non-hydrogen) atoms. The van der Waals surface area contributed by atoms with Gasteiger partial charge in [0.05, 0.1) is 14.2 Å². The first-order valence-electron chi connectivity index (χ1n) is 10.9. The molecule has 0 bridgehead atoms. The lowest BCUT2D eigenvalue weighted by Crippen LogP contribution is -2.17. The minimum absolute atomic E-state index is 0.0823. The first-order chi connectivity index (χ1) is 18.1. The molecule has 4 rings (SSSR count). The fourth-order valence-electron chi connectivity index (χ4n) is 3.33. The van der Waals surface area contributed by atoms with Gasteiger partial charge in [0.2, 0.25) is 0 Å². The van der Waals surface area contributed by atoms with Crippen LogP contribution in [0.15, 0.2) is 59.5 Å². The highest BCUT2D eigenvalue weighted by Gasteiger charge is 2.25. The van der Waals surface area contributed by atoms with E-state index in [4.69, 9.17) is 30.5 Å². The Balaban J connectivity index is 0.000000934. The molecule has 4 aromatic rings. The number of carboxylic acid groups (broad SMARTS) is 1. The molecule has 1 unspecified atom stereocenters. The normalized spacial score (nSPS) is 11.1. The summed E-state index contributed by atoms with van der Waals surface area (Å²) >= 11 is 0. The van der Waals surface area contributed by atoms with Gasteiger partial charge in [-0.25, -0.2) is 9.18 Å². The molecule has 14 heteroatoms. The zero-order valence-electron chi connectivity index (χ0n) is 20.6. The van der Waals surface area contributed by atoms with Crippen molar-refractivity contribution in [3.8, 4) is 17.3 Å². The summed E-state index contributed by atoms with van der Waals surface area (Å²) in [6.45, 7) is 1.08. The van der Waals surface area contributed by atoms with Gasteiger partial charge in [-0.15, -0.1) is 10.2 Å². The van der Waals surface area contributed by atoms with Gasteiger partial charge in [-0.3, -0.25) is 15.2 Å². The van der Waals surface area contributed by atoms with Gasteiger partial charge in [-0.1, -0.05) is 0 Å². The molecule has 0 fully saturated rings. The molecule has 0 saturated carbocycles. The average molecular weight is 525 g/mol. The maximum Gasteiger partial charge on any atom is 0.349 e. The summed E-state index contributed by atoms with van der Waals surface area (Å²) in [6, 6.07) is 11.6. The number of carboxylic acids is 1. The Morgan fingerprint density at radius 3 is 2.37 bits per heavy atom. The Hall–Kier alpha value is -5.27. The maximum atomic E-state index is 15.2. The number of benzene rings is 2. The number of carbonyl (C=O) groups is 1. The van der Waals surface area contributed by atoms with Crippen LogP contribution in [0.2, 0.25) is 0 Å². The van der Waals surface area contributed by atoms with E-state index in [1.54, 1.807) is 36.4 Å². The van der Waals surface area contributed by atoms with Gasteiger partial charge in [0.1, 0.15) is 17.7 Å². The standard InChI is InChI=1S/C22H21FN8O3.C2H4O2/c1-33-16-10-14(15(23)11-17(16)34-2)19(27-13-7-5-12(6-8-13)20(24)25)21-28-22(32)31(30-21)18-4-3-9-26-29-18;1-2(3)4/h3-11,19,27H,1-2H3,(H3,24,25)(H,28,30,32);1H3,(H,3,4). The number of ether oxygens (including phenoxy) is 2. The molecule has 198 valence electrons. The topological polar surface area (TPSA) is 194 Å². The highest BCUT2D eigenvalue weighted by Crippen LogP contribution is 2.35. The Morgan fingerprint density at radius 1 is 1.18 bits per heavy atom. The number of amidine groups is 1. The lowest BCUT2D eigenvalue weighted by atomic mass is 10.0. The number of halogens is 1. The van der Waals surface area contributed by atoms with E-state index in [1.165, 1.54) is 32.5 Å². The molecule has 0 aliphatic rings. The second kappa shape index (κ2) is 12.1. The Bertz CT molecular complexity index is 1470. The van der Waals surface area contributed by atoms with E-state index in [0.717, 1.165) is 11.6 Å². The Morgan fingerprint density at radius 2 is 1.82 bits per heavy atom. The van der Waals surface area contributed by atoms with Crippen LogP contribution in [0, 0.1) is 11.2 Å². The van der Waals surface area contributed by atoms with Crippen LogP contribution < -0.4 is 26.2 Å². The van der Waals surface area contributed by atoms with Crippen LogP contribution >= 0.6 is 0 Å². The SMILES string of the molecule is CC(=O)O.COc1cc(F)c(C(Nc2ccc(C(=N)N)cc2)c2nn(-c3cccnn3)c(=O)[nH]2)cc1OC. The van der Waals surface area contributed by atoms with Crippen molar-refractivity contribution in [2.45, 2.75) is 13.0 Å². The number of H-pyrrole nitrogens is 1. The van der Waals surface area contributed by atoms with Crippen molar-refractivity contribution in [1.82, 2.24) is 25.0 Å². The van der Waals surface area contributed by atoms with Gasteiger partial charge in [0, 0.05) is 36.0 Å². The van der Waals surface area contributed by atoms with E-state index in [2.05, 4.69) is 25.6 Å². The van der Waals surface area contributed by atoms with E-state index in [1.807, 2.05) is 0 Å². The van der Waals surface area contributed by atoms with Crippen molar-refractivity contribution in [2.75, 3.05) is 19.5 Å². The smallest absolute Gasteiger partial charge is 0.349 e. The van der Waals surface area contributed by atoms with Crippen LogP contribution in [0.1, 0.15) is 29.9 Å². The predicted octanol–water partition coefficient (Wildman–Crippen LogP) is 2.08. The van der Waals surface area contributed by atoms with Crippen LogP contribution in [0.3, 0.4) is 0 Å². The average Bonchev–Trinajstić information content (AvgIpc) is 3.29. The third kappa shape index (κ3) is 6.48. The largest absolute Gasteiger partial charge is 0.493 e. The number of rotatable bonds is 8. The number of anilines is 1. The number of hydrogen-bond donors (Lipinski definition) is 5. The third-order valence-corrected chi connectivity index (χ3v) is 5.00. The van der Waals surface area contributed by atoms with Gasteiger partial charge < -0.3 is 25.6 Å². The summed E-state index contributed by atoms with van der Waals surface area (Å²) in [5.41, 5.74) is 6.19. The Kier molecular flexibility index (Phi) is 8.71. The monoisotopic (exact) mass is 524 g/mol. The fraction of sp³-hybridized carbons (Fsp3) is 0.167. The van der Waals surface area contributed by atoms with Crippen molar-refractivity contribution < 1.29 is 23.8 Å². The van der Waals surface area contributed by atoms with Crippen LogP contribution in [-0.4, -0.2) is 56.1 Å². The summed E-state index contributed by atoms with van der Waals surface area (Å²) < 4.78 is 26.8. The molecule has 0 saturated heterocycles. The zero-order chi connectivity index (χ0) is 27.8. The second-order valence-electron chi connectivity index (χ2n) is 7.63. The maximum absolute atomic E-state index is 15.2. The molecular formula is C24H25FN8O5. The zero-order valence-corrected chi connectivity index (χ0v) is 20.6. The highest BCUT2D eigenvalue weighted by molar-refractivity contribution is 5.95. The fourth-order valence-corrected chi connectivity index (χ4v) is 3.33. The quantitative estimate of drug-likeness (QED) is 0.168. The lowest BCUT2D eigenvalue weighted by molar-refractivity contribution is -0.134. The lowest BCUT2D eigenvalue weighted by Gasteiger charge is -2.20. The van der Waals surface area contributed by atoms with E-state index in [0.29, 0.717) is 17.0 Å². The van der Waals surface area contributed by atoms with E-state index < -0.39 is 23.5 Å². The first kappa shape index (κ1) is 27.3. The van der Waals surface area contributed by atoms with E-state index in [-0.39, 0.29) is 28.8 Å². The number of hydrogen-bond acceptors (Lipinski definition) is 9. The van der Waals surface area contributed by atoms with Crippen LogP contribution in [0.4, 0.5) is 10.1 Å². The summed E-state index contributed by atoms with van der Waals surface area (Å²) in [5, 5.41) is 30.1. The van der Waals surface area contributed by atoms with Crippen LogP contribution in [0.25, 0.3) is 5.82 Å². The molecule has 2 aromatic carbocycles. The first-order valence-corrected chi connectivity index (χ1v) is 10.9. The molecule has 0 aliphatic carbocycles. The van der Waals surface area contributed by atoms with Crippen molar-refractivity contribution in [3.05, 3.63) is 88.0 Å². The van der Waals surface area contributed by atoms with Crippen molar-refractivity contribution in [3.63, 3.8) is 0 Å². The number of aliphatic carboxylic acids is 1. The second-order valence-corrected chi connectivity index (χ2v) is 7.63. The predicted molar refractivity (Wildman–Crippen MR) is 136 cm³/mol. The number of nitrogen functional groups attached to an aromatic ring is 1. The number of methoxy groups -OCH3 is 2. The molecular weight excluding hydrogens is 499 g/mol. The van der Waals surface area contributed by atoms with Crippen LogP contribution in [0.5, 0.6) is 11.5 Å². The number of nitrogens with two attached hydrogens (primary N) is 1. The molecule has 1 atom stereocenters. The summed E-state index contributed by atoms with van der Waals surface area (Å²) in [7, 11) is 2.84. The molecule has 2 aromatic heterocycles. The van der Waals surface area contributed by atoms with Gasteiger partial charge in [-0.2, -0.15) is 9.78 Å². The summed E-state index contributed by atoms with van der Waals surface area (Å²) in [6.07, 6.45) is 1.47. The Labute approximate surface area is 215 Å². The van der Waals surface area contributed by atoms with Gasteiger partial charge in [0.15, 0.2) is 23.1 Å². The van der Waals surface area contributed by atoms with E-state index in [9.17, 15) is 4.79 Å². The number of aromatic nitrogens is 5. The highest BCUT2D eigenvalue weighted by atomic mass is 19.1. The van der Waals surface area contributed by atoms with Crippen LogP contribution in [-0.2, 0) is 4.79 Å². The van der Waals surface area contributed by atoms with Crippen molar-refractivity contribution >= 4 is 17.5 Å². The molecule has 0 spiro atoms. The minimum Gasteiger partial charge on any atom is -0.493 e. The number of nitrogens with one attached hydrogen (secondary N) is 3. The van der Waals surface area contributed by atoms with Gasteiger partial charge in [0.25, 0.3) is 5.97 Å². The number of nitrogens with zero attached hydrogens (tertiary/aromatic N) is 4. The minimum atomic E-state index is -0.936. The summed E-state index contributed by atoms with van der Waals surface area (Å²) in [4.78, 5) is 24.3. The molecule has 13 nitrogen and oxygen atoms in total. The molecule has 0 radical (unpaired) electrons. The molecule has 0 aliphatic heterocycles. The molecule has 0 amide bonds.